The molecule has 0 aliphatic carbocycles. The number of nitrogens with one attached hydrogen (secondary N) is 2. The van der Waals surface area contributed by atoms with Crippen LogP contribution in [0.3, 0.4) is 0 Å². The summed E-state index contributed by atoms with van der Waals surface area (Å²) in [5, 5.41) is 5.67. The summed E-state index contributed by atoms with van der Waals surface area (Å²) in [6.45, 7) is 6.57. The minimum absolute atomic E-state index is 0.103. The Hall–Kier alpha value is -2.08. The van der Waals surface area contributed by atoms with Crippen LogP contribution in [0.2, 0.25) is 0 Å². The molecule has 134 valence electrons. The van der Waals surface area contributed by atoms with Crippen molar-refractivity contribution in [2.24, 2.45) is 0 Å². The quantitative estimate of drug-likeness (QED) is 0.642. The summed E-state index contributed by atoms with van der Waals surface area (Å²) in [5.41, 5.74) is 0.865. The van der Waals surface area contributed by atoms with Gasteiger partial charge in [0.15, 0.2) is 0 Å². The summed E-state index contributed by atoms with van der Waals surface area (Å²) in [7, 11) is 1.59. The van der Waals surface area contributed by atoms with Crippen molar-refractivity contribution in [3.8, 4) is 5.75 Å². The summed E-state index contributed by atoms with van der Waals surface area (Å²) in [4.78, 5) is 23.5. The van der Waals surface area contributed by atoms with Gasteiger partial charge in [0, 0.05) is 20.1 Å². The Bertz CT molecular complexity index is 514. The molecule has 1 aromatic carbocycles. The number of methoxy groups -OCH3 is 1. The lowest BCUT2D eigenvalue weighted by atomic mass is 10.0. The van der Waals surface area contributed by atoms with Gasteiger partial charge in [0.05, 0.1) is 25.7 Å². The molecule has 2 amide bonds. The fraction of sp³-hybridized carbons (Fsp3) is 0.556. The zero-order valence-electron chi connectivity index (χ0n) is 14.9. The van der Waals surface area contributed by atoms with Crippen LogP contribution in [0.25, 0.3) is 0 Å². The first kappa shape index (κ1) is 20.0. The highest BCUT2D eigenvalue weighted by Crippen LogP contribution is 2.20. The lowest BCUT2D eigenvalue weighted by molar-refractivity contribution is -0.122. The van der Waals surface area contributed by atoms with Crippen LogP contribution >= 0.6 is 0 Å². The molecule has 0 saturated carbocycles. The molecule has 1 unspecified atom stereocenters. The van der Waals surface area contributed by atoms with E-state index >= 15 is 0 Å². The van der Waals surface area contributed by atoms with Crippen molar-refractivity contribution >= 4 is 11.8 Å². The number of rotatable bonds is 10. The Morgan fingerprint density at radius 1 is 1.17 bits per heavy atom. The lowest BCUT2D eigenvalue weighted by Crippen LogP contribution is -2.33. The van der Waals surface area contributed by atoms with E-state index < -0.39 is 0 Å². The molecule has 0 aromatic heterocycles. The van der Waals surface area contributed by atoms with Crippen LogP contribution in [-0.4, -0.2) is 38.2 Å². The number of amides is 2. The van der Waals surface area contributed by atoms with Crippen molar-refractivity contribution in [2.75, 3.05) is 20.3 Å². The number of ether oxygens (including phenoxy) is 2. The third-order valence-corrected chi connectivity index (χ3v) is 3.38. The molecule has 0 saturated heterocycles. The molecular formula is C18H28N2O4. The molecule has 1 aromatic rings. The molecular weight excluding hydrogens is 308 g/mol. The fourth-order valence-corrected chi connectivity index (χ4v) is 2.21. The van der Waals surface area contributed by atoms with E-state index in [1.807, 2.05) is 38.1 Å². The molecule has 1 rings (SSSR count). The normalized spacial score (nSPS) is 11.9. The lowest BCUT2D eigenvalue weighted by Gasteiger charge is -2.18. The second kappa shape index (κ2) is 10.6. The number of hydrogen-bond acceptors (Lipinski definition) is 4. The largest absolute Gasteiger partial charge is 0.497 e. The van der Waals surface area contributed by atoms with Crippen molar-refractivity contribution in [2.45, 2.75) is 45.8 Å². The van der Waals surface area contributed by atoms with Crippen LogP contribution in [-0.2, 0) is 14.3 Å². The molecule has 24 heavy (non-hydrogen) atoms. The van der Waals surface area contributed by atoms with Crippen molar-refractivity contribution in [3.05, 3.63) is 29.8 Å². The maximum Gasteiger partial charge on any atom is 0.222 e. The van der Waals surface area contributed by atoms with Crippen LogP contribution in [0.1, 0.15) is 45.2 Å². The topological polar surface area (TPSA) is 76.7 Å². The molecule has 0 spiro atoms. The van der Waals surface area contributed by atoms with Gasteiger partial charge < -0.3 is 20.1 Å². The third-order valence-electron chi connectivity index (χ3n) is 3.38. The smallest absolute Gasteiger partial charge is 0.222 e. The van der Waals surface area contributed by atoms with Gasteiger partial charge in [-0.25, -0.2) is 0 Å². The van der Waals surface area contributed by atoms with Crippen molar-refractivity contribution < 1.29 is 19.1 Å². The highest BCUT2D eigenvalue weighted by molar-refractivity contribution is 5.79. The van der Waals surface area contributed by atoms with Gasteiger partial charge in [-0.3, -0.25) is 9.59 Å². The molecule has 6 nitrogen and oxygen atoms in total. The number of carbonyl (C=O) groups excluding carboxylic acids is 2. The second-order valence-corrected chi connectivity index (χ2v) is 5.85. The fourth-order valence-electron chi connectivity index (χ4n) is 2.21. The number of benzene rings is 1. The van der Waals surface area contributed by atoms with Crippen LogP contribution in [0, 0.1) is 0 Å². The van der Waals surface area contributed by atoms with Gasteiger partial charge in [-0.1, -0.05) is 12.1 Å². The maximum atomic E-state index is 12.1. The minimum Gasteiger partial charge on any atom is -0.497 e. The molecule has 6 heteroatoms. The van der Waals surface area contributed by atoms with E-state index in [0.29, 0.717) is 13.2 Å². The number of hydrogen-bond donors (Lipinski definition) is 2. The van der Waals surface area contributed by atoms with Crippen LogP contribution in [0.5, 0.6) is 5.75 Å². The van der Waals surface area contributed by atoms with Crippen molar-refractivity contribution in [1.29, 1.82) is 0 Å². The zero-order chi connectivity index (χ0) is 17.9. The summed E-state index contributed by atoms with van der Waals surface area (Å²) >= 11 is 0. The van der Waals surface area contributed by atoms with E-state index in [0.717, 1.165) is 17.7 Å². The first-order valence-corrected chi connectivity index (χ1v) is 8.21. The molecule has 0 fully saturated rings. The van der Waals surface area contributed by atoms with Crippen LogP contribution in [0.4, 0.5) is 0 Å². The third kappa shape index (κ3) is 7.97. The Morgan fingerprint density at radius 3 is 2.38 bits per heavy atom. The Kier molecular flexibility index (Phi) is 8.86. The van der Waals surface area contributed by atoms with Gasteiger partial charge in [-0.15, -0.1) is 0 Å². The maximum absolute atomic E-state index is 12.1. The van der Waals surface area contributed by atoms with E-state index in [9.17, 15) is 9.59 Å². The Balaban J connectivity index is 2.52. The van der Waals surface area contributed by atoms with Crippen molar-refractivity contribution in [3.63, 3.8) is 0 Å². The van der Waals surface area contributed by atoms with E-state index in [4.69, 9.17) is 9.47 Å². The molecule has 2 N–H and O–H groups in total. The summed E-state index contributed by atoms with van der Waals surface area (Å²) in [6.07, 6.45) is 1.15. The highest BCUT2D eigenvalue weighted by Gasteiger charge is 2.17. The van der Waals surface area contributed by atoms with Gasteiger partial charge >= 0.3 is 0 Å². The summed E-state index contributed by atoms with van der Waals surface area (Å²) in [5.74, 6) is 0.456. The van der Waals surface area contributed by atoms with E-state index in [1.54, 1.807) is 7.11 Å². The molecule has 0 heterocycles. The van der Waals surface area contributed by atoms with Gasteiger partial charge in [0.25, 0.3) is 0 Å². The molecule has 1 atom stereocenters. The number of carbonyl (C=O) groups is 2. The highest BCUT2D eigenvalue weighted by atomic mass is 16.5. The summed E-state index contributed by atoms with van der Waals surface area (Å²) in [6, 6.07) is 6.96. The summed E-state index contributed by atoms with van der Waals surface area (Å²) < 4.78 is 10.6. The first-order valence-electron chi connectivity index (χ1n) is 8.21. The van der Waals surface area contributed by atoms with Crippen LogP contribution in [0.15, 0.2) is 24.3 Å². The predicted octanol–water partition coefficient (Wildman–Crippen LogP) is 2.19. The Morgan fingerprint density at radius 2 is 1.83 bits per heavy atom. The standard InChI is InChI=1S/C18H28N2O4/c1-13(2)24-11-5-10-19-18(22)12-17(20-14(3)21)15-6-8-16(23-4)9-7-15/h6-9,13,17H,5,10-12H2,1-4H3,(H,19,22)(H,20,21). The average molecular weight is 336 g/mol. The second-order valence-electron chi connectivity index (χ2n) is 5.85. The predicted molar refractivity (Wildman–Crippen MR) is 92.9 cm³/mol. The Labute approximate surface area is 143 Å². The first-order chi connectivity index (χ1) is 11.4. The van der Waals surface area contributed by atoms with Gasteiger partial charge in [-0.2, -0.15) is 0 Å². The zero-order valence-corrected chi connectivity index (χ0v) is 14.9. The van der Waals surface area contributed by atoms with E-state index in [1.165, 1.54) is 6.92 Å². The van der Waals surface area contributed by atoms with E-state index in [2.05, 4.69) is 10.6 Å². The molecule has 0 bridgehead atoms. The molecule has 0 aliphatic rings. The van der Waals surface area contributed by atoms with E-state index in [-0.39, 0.29) is 30.4 Å². The monoisotopic (exact) mass is 336 g/mol. The minimum atomic E-state index is -0.361. The van der Waals surface area contributed by atoms with Crippen molar-refractivity contribution in [1.82, 2.24) is 10.6 Å². The molecule has 0 radical (unpaired) electrons. The van der Waals surface area contributed by atoms with Gasteiger partial charge in [-0.05, 0) is 38.0 Å². The van der Waals surface area contributed by atoms with Crippen LogP contribution < -0.4 is 15.4 Å². The van der Waals surface area contributed by atoms with Gasteiger partial charge in [0.2, 0.25) is 11.8 Å². The van der Waals surface area contributed by atoms with Gasteiger partial charge in [0.1, 0.15) is 5.75 Å². The molecule has 0 aliphatic heterocycles. The average Bonchev–Trinajstić information content (AvgIpc) is 2.53. The SMILES string of the molecule is COc1ccc(C(CC(=O)NCCCOC(C)C)NC(C)=O)cc1.